The van der Waals surface area contributed by atoms with Crippen LogP contribution in [-0.2, 0) is 9.16 Å². The first-order chi connectivity index (χ1) is 4.56. The summed E-state index contributed by atoms with van der Waals surface area (Å²) in [5.41, 5.74) is 0. The Morgan fingerprint density at radius 3 is 2.30 bits per heavy atom. The van der Waals surface area contributed by atoms with Crippen LogP contribution >= 0.6 is 11.1 Å². The van der Waals surface area contributed by atoms with E-state index in [1.54, 1.807) is 0 Å². The maximum Gasteiger partial charge on any atom is 0.283 e. The third-order valence-electron chi connectivity index (χ3n) is 0.877. The molecule has 0 saturated carbocycles. The van der Waals surface area contributed by atoms with Gasteiger partial charge in [0.25, 0.3) is 7.63 Å². The van der Waals surface area contributed by atoms with Gasteiger partial charge in [-0.1, -0.05) is 0 Å². The zero-order chi connectivity index (χ0) is 8.04. The first-order valence-corrected chi connectivity index (χ1v) is 7.39. The van der Waals surface area contributed by atoms with Crippen LogP contribution in [0.15, 0.2) is 0 Å². The monoisotopic (exact) mass is 182 g/mol. The van der Waals surface area contributed by atoms with Gasteiger partial charge in [0, 0.05) is 6.61 Å². The molecule has 0 spiro atoms. The van der Waals surface area contributed by atoms with E-state index in [4.69, 9.17) is 20.2 Å². The van der Waals surface area contributed by atoms with Gasteiger partial charge in [-0.2, -0.15) is 0 Å². The summed E-state index contributed by atoms with van der Waals surface area (Å²) >= 11 is 5.87. The van der Waals surface area contributed by atoms with Gasteiger partial charge in [0.05, 0.1) is 13.2 Å². The summed E-state index contributed by atoms with van der Waals surface area (Å²) < 4.78 is 10.4. The molecular weight excluding hydrogens is 168 g/mol. The van der Waals surface area contributed by atoms with E-state index in [-0.39, 0.29) is 0 Å². The summed E-state index contributed by atoms with van der Waals surface area (Å²) in [6.45, 7) is 7.87. The van der Waals surface area contributed by atoms with E-state index >= 15 is 0 Å². The SMILES string of the molecule is CCOCCO[Si](C)(C)Cl. The maximum atomic E-state index is 5.87. The predicted molar refractivity (Wildman–Crippen MR) is 45.8 cm³/mol. The Balaban J connectivity index is 3.04. The largest absolute Gasteiger partial charge is 0.401 e. The van der Waals surface area contributed by atoms with Crippen molar-refractivity contribution in [2.75, 3.05) is 19.8 Å². The highest BCUT2D eigenvalue weighted by Gasteiger charge is 2.17. The normalized spacial score (nSPS) is 12.0. The van der Waals surface area contributed by atoms with Gasteiger partial charge in [-0.25, -0.2) is 0 Å². The van der Waals surface area contributed by atoms with Crippen molar-refractivity contribution in [2.45, 2.75) is 20.0 Å². The lowest BCUT2D eigenvalue weighted by Crippen LogP contribution is -2.24. The van der Waals surface area contributed by atoms with Gasteiger partial charge >= 0.3 is 0 Å². The molecule has 62 valence electrons. The third kappa shape index (κ3) is 8.43. The average molecular weight is 183 g/mol. The number of hydrogen-bond donors (Lipinski definition) is 0. The molecule has 0 radical (unpaired) electrons. The van der Waals surface area contributed by atoms with Crippen molar-refractivity contribution in [3.63, 3.8) is 0 Å². The summed E-state index contributed by atoms with van der Waals surface area (Å²) in [6, 6.07) is 0. The molecule has 0 atom stereocenters. The van der Waals surface area contributed by atoms with Crippen LogP contribution in [0, 0.1) is 0 Å². The molecule has 4 heteroatoms. The fraction of sp³-hybridized carbons (Fsp3) is 1.00. The minimum absolute atomic E-state index is 0.622. The molecule has 0 unspecified atom stereocenters. The van der Waals surface area contributed by atoms with Crippen LogP contribution in [0.3, 0.4) is 0 Å². The van der Waals surface area contributed by atoms with Crippen LogP contribution in [0.4, 0.5) is 0 Å². The highest BCUT2D eigenvalue weighted by molar-refractivity contribution is 7.15. The first-order valence-electron chi connectivity index (χ1n) is 3.47. The Kier molecular flexibility index (Phi) is 5.35. The van der Waals surface area contributed by atoms with E-state index in [0.29, 0.717) is 13.2 Å². The Labute approximate surface area is 68.3 Å². The number of hydrogen-bond acceptors (Lipinski definition) is 2. The van der Waals surface area contributed by atoms with E-state index in [2.05, 4.69) is 0 Å². The van der Waals surface area contributed by atoms with Crippen molar-refractivity contribution in [1.29, 1.82) is 0 Å². The van der Waals surface area contributed by atoms with Gasteiger partial charge in [0.1, 0.15) is 0 Å². The van der Waals surface area contributed by atoms with Gasteiger partial charge < -0.3 is 9.16 Å². The van der Waals surface area contributed by atoms with Gasteiger partial charge in [-0.05, 0) is 20.0 Å². The van der Waals surface area contributed by atoms with Crippen molar-refractivity contribution < 1.29 is 9.16 Å². The standard InChI is InChI=1S/C6H15ClO2Si/c1-4-8-5-6-9-10(2,3)7/h4-6H2,1-3H3. The Hall–Kier alpha value is 0.427. The first kappa shape index (κ1) is 10.4. The summed E-state index contributed by atoms with van der Waals surface area (Å²) in [7, 11) is -1.81. The Morgan fingerprint density at radius 1 is 1.30 bits per heavy atom. The van der Waals surface area contributed by atoms with E-state index in [1.807, 2.05) is 20.0 Å². The number of rotatable bonds is 5. The van der Waals surface area contributed by atoms with Crippen LogP contribution in [0.2, 0.25) is 13.1 Å². The highest BCUT2D eigenvalue weighted by Crippen LogP contribution is 2.07. The molecule has 0 rings (SSSR count). The van der Waals surface area contributed by atoms with Crippen molar-refractivity contribution in [1.82, 2.24) is 0 Å². The number of halogens is 1. The van der Waals surface area contributed by atoms with Crippen molar-refractivity contribution in [2.24, 2.45) is 0 Å². The molecule has 0 saturated heterocycles. The van der Waals surface area contributed by atoms with E-state index in [9.17, 15) is 0 Å². The van der Waals surface area contributed by atoms with E-state index in [0.717, 1.165) is 6.61 Å². The second-order valence-corrected chi connectivity index (χ2v) is 8.15. The third-order valence-corrected chi connectivity index (χ3v) is 2.09. The zero-order valence-corrected chi connectivity index (χ0v) is 8.57. The topological polar surface area (TPSA) is 18.5 Å². The van der Waals surface area contributed by atoms with Gasteiger partial charge in [0.15, 0.2) is 0 Å². The van der Waals surface area contributed by atoms with Gasteiger partial charge in [0.2, 0.25) is 0 Å². The minimum atomic E-state index is -1.81. The maximum absolute atomic E-state index is 5.87. The summed E-state index contributed by atoms with van der Waals surface area (Å²) in [5.74, 6) is 0. The smallest absolute Gasteiger partial charge is 0.283 e. The molecule has 10 heavy (non-hydrogen) atoms. The lowest BCUT2D eigenvalue weighted by atomic mass is 10.8. The molecule has 0 heterocycles. The molecule has 0 amide bonds. The van der Waals surface area contributed by atoms with Crippen LogP contribution < -0.4 is 0 Å². The lowest BCUT2D eigenvalue weighted by Gasteiger charge is -2.13. The van der Waals surface area contributed by atoms with Gasteiger partial charge in [-0.15, -0.1) is 11.1 Å². The molecule has 0 aromatic rings. The summed E-state index contributed by atoms with van der Waals surface area (Å²) in [6.07, 6.45) is 0. The molecule has 0 aromatic heterocycles. The molecule has 0 aliphatic heterocycles. The average Bonchev–Trinajstić information content (AvgIpc) is 1.78. The molecule has 0 aromatic carbocycles. The van der Waals surface area contributed by atoms with Crippen LogP contribution in [0.5, 0.6) is 0 Å². The molecule has 0 fully saturated rings. The molecule has 0 aliphatic rings. The van der Waals surface area contributed by atoms with Crippen LogP contribution in [-0.4, -0.2) is 27.4 Å². The van der Waals surface area contributed by atoms with Gasteiger partial charge in [-0.3, -0.25) is 0 Å². The van der Waals surface area contributed by atoms with E-state index in [1.165, 1.54) is 0 Å². The van der Waals surface area contributed by atoms with Crippen molar-refractivity contribution >= 4 is 18.7 Å². The Bertz CT molecular complexity index is 82.3. The van der Waals surface area contributed by atoms with Crippen molar-refractivity contribution in [3.8, 4) is 0 Å². The highest BCUT2D eigenvalue weighted by atomic mass is 35.6. The van der Waals surface area contributed by atoms with Crippen molar-refractivity contribution in [3.05, 3.63) is 0 Å². The summed E-state index contributed by atoms with van der Waals surface area (Å²) in [5, 5.41) is 0. The summed E-state index contributed by atoms with van der Waals surface area (Å²) in [4.78, 5) is 0. The molecule has 0 aliphatic carbocycles. The second kappa shape index (κ2) is 5.13. The van der Waals surface area contributed by atoms with Crippen LogP contribution in [0.25, 0.3) is 0 Å². The molecule has 0 N–H and O–H groups in total. The van der Waals surface area contributed by atoms with Crippen LogP contribution in [0.1, 0.15) is 6.92 Å². The lowest BCUT2D eigenvalue weighted by molar-refractivity contribution is 0.109. The predicted octanol–water partition coefficient (Wildman–Crippen LogP) is 1.98. The second-order valence-electron chi connectivity index (χ2n) is 2.41. The zero-order valence-electron chi connectivity index (χ0n) is 6.82. The minimum Gasteiger partial charge on any atom is -0.401 e. The molecule has 2 nitrogen and oxygen atoms in total. The molecule has 0 bridgehead atoms. The number of ether oxygens (including phenoxy) is 1. The fourth-order valence-corrected chi connectivity index (χ4v) is 1.29. The fourth-order valence-electron chi connectivity index (χ4n) is 0.488. The quantitative estimate of drug-likeness (QED) is 0.368. The molecular formula is C6H15ClO2Si. The van der Waals surface area contributed by atoms with E-state index < -0.39 is 7.63 Å². The Morgan fingerprint density at radius 2 is 1.90 bits per heavy atom.